The van der Waals surface area contributed by atoms with Crippen molar-refractivity contribution < 1.29 is 14.3 Å². The number of rotatable bonds is 6. The van der Waals surface area contributed by atoms with E-state index >= 15 is 0 Å². The summed E-state index contributed by atoms with van der Waals surface area (Å²) in [6, 6.07) is 7.82. The lowest BCUT2D eigenvalue weighted by Crippen LogP contribution is -2.21. The Morgan fingerprint density at radius 2 is 2.07 bits per heavy atom. The van der Waals surface area contributed by atoms with E-state index in [-0.39, 0.29) is 18.4 Å². The molecule has 4 rings (SSSR count). The van der Waals surface area contributed by atoms with Crippen LogP contribution in [-0.2, 0) is 34.7 Å². The quantitative estimate of drug-likeness (QED) is 0.593. The topological polar surface area (TPSA) is 73.2 Å². The minimum atomic E-state index is -0.379. The molecule has 2 heterocycles. The highest BCUT2D eigenvalue weighted by Gasteiger charge is 2.27. The Morgan fingerprint density at radius 3 is 2.86 bits per heavy atom. The third kappa shape index (κ3) is 3.91. The number of amides is 1. The molecule has 152 valence electrons. The first-order chi connectivity index (χ1) is 14.1. The number of thiophene rings is 1. The van der Waals surface area contributed by atoms with Crippen molar-refractivity contribution in [3.63, 3.8) is 0 Å². The van der Waals surface area contributed by atoms with Crippen LogP contribution in [0.15, 0.2) is 24.3 Å². The summed E-state index contributed by atoms with van der Waals surface area (Å²) in [7, 11) is 1.38. The number of imidazole rings is 1. The lowest BCUT2D eigenvalue weighted by atomic mass is 9.95. The summed E-state index contributed by atoms with van der Waals surface area (Å²) < 4.78 is 6.95. The third-order valence-electron chi connectivity index (χ3n) is 5.12. The fourth-order valence-electron chi connectivity index (χ4n) is 3.82. The van der Waals surface area contributed by atoms with Crippen molar-refractivity contribution in [2.45, 2.75) is 38.0 Å². The summed E-state index contributed by atoms with van der Waals surface area (Å²) >= 11 is 3.17. The molecule has 29 heavy (non-hydrogen) atoms. The molecule has 0 saturated heterocycles. The van der Waals surface area contributed by atoms with Crippen molar-refractivity contribution in [1.29, 1.82) is 0 Å². The van der Waals surface area contributed by atoms with Crippen LogP contribution < -0.4 is 5.32 Å². The molecule has 1 aliphatic rings. The van der Waals surface area contributed by atoms with Gasteiger partial charge in [-0.2, -0.15) is 11.8 Å². The number of nitrogens with zero attached hydrogens (tertiary/aromatic N) is 2. The Balaban J connectivity index is 1.63. The number of thioether (sulfide) groups is 1. The smallest absolute Gasteiger partial charge is 0.341 e. The molecule has 3 aromatic rings. The first kappa shape index (κ1) is 20.0. The Hall–Kier alpha value is -2.32. The van der Waals surface area contributed by atoms with Crippen LogP contribution in [0.3, 0.4) is 0 Å². The van der Waals surface area contributed by atoms with Crippen LogP contribution in [0.1, 0.15) is 39.5 Å². The summed E-state index contributed by atoms with van der Waals surface area (Å²) in [5.74, 6) is 1.05. The van der Waals surface area contributed by atoms with Crippen molar-refractivity contribution in [1.82, 2.24) is 9.55 Å². The number of para-hydroxylation sites is 2. The van der Waals surface area contributed by atoms with Crippen molar-refractivity contribution >= 4 is 51.0 Å². The molecule has 1 amide bonds. The van der Waals surface area contributed by atoms with Gasteiger partial charge in [0, 0.05) is 4.88 Å². The minimum Gasteiger partial charge on any atom is -0.465 e. The van der Waals surface area contributed by atoms with Crippen molar-refractivity contribution in [2.24, 2.45) is 0 Å². The average Bonchev–Trinajstić information content (AvgIpc) is 3.25. The summed E-state index contributed by atoms with van der Waals surface area (Å²) in [5.41, 5.74) is 3.39. The highest BCUT2D eigenvalue weighted by molar-refractivity contribution is 7.97. The van der Waals surface area contributed by atoms with Gasteiger partial charge in [0.1, 0.15) is 17.4 Å². The van der Waals surface area contributed by atoms with Crippen molar-refractivity contribution in [3.8, 4) is 0 Å². The molecular weight excluding hydrogens is 406 g/mol. The number of fused-ring (bicyclic) bond motifs is 2. The Bertz CT molecular complexity index is 1070. The largest absolute Gasteiger partial charge is 0.465 e. The molecule has 0 unspecified atom stereocenters. The summed E-state index contributed by atoms with van der Waals surface area (Å²) in [4.78, 5) is 31.2. The lowest BCUT2D eigenvalue weighted by molar-refractivity contribution is -0.116. The number of esters is 1. The van der Waals surface area contributed by atoms with E-state index in [0.717, 1.165) is 53.9 Å². The number of ether oxygens (including phenoxy) is 1. The number of carbonyl (C=O) groups excluding carboxylic acids is 2. The predicted molar refractivity (Wildman–Crippen MR) is 118 cm³/mol. The molecule has 0 spiro atoms. The van der Waals surface area contributed by atoms with Crippen LogP contribution >= 0.6 is 23.1 Å². The SMILES string of the molecule is COC(=O)c1c(NC(=O)Cn2c(CSC)nc3ccccc32)sc2c1CCCC2. The maximum absolute atomic E-state index is 12.9. The Labute approximate surface area is 177 Å². The van der Waals surface area contributed by atoms with E-state index in [1.807, 2.05) is 35.1 Å². The second-order valence-corrected chi connectivity index (χ2v) is 8.96. The zero-order valence-electron chi connectivity index (χ0n) is 16.5. The van der Waals surface area contributed by atoms with Crippen LogP contribution in [0.2, 0.25) is 0 Å². The number of carbonyl (C=O) groups is 2. The van der Waals surface area contributed by atoms with Gasteiger partial charge in [-0.05, 0) is 49.6 Å². The van der Waals surface area contributed by atoms with E-state index in [1.54, 1.807) is 11.8 Å². The molecular formula is C21H23N3O3S2. The molecule has 0 atom stereocenters. The van der Waals surface area contributed by atoms with Crippen LogP contribution in [0.25, 0.3) is 11.0 Å². The van der Waals surface area contributed by atoms with E-state index in [9.17, 15) is 9.59 Å². The fraction of sp³-hybridized carbons (Fsp3) is 0.381. The molecule has 8 heteroatoms. The fourth-order valence-corrected chi connectivity index (χ4v) is 5.59. The molecule has 2 aromatic heterocycles. The van der Waals surface area contributed by atoms with Crippen molar-refractivity contribution in [3.05, 3.63) is 46.1 Å². The van der Waals surface area contributed by atoms with Crippen LogP contribution in [0, 0.1) is 0 Å². The molecule has 1 aliphatic carbocycles. The zero-order valence-corrected chi connectivity index (χ0v) is 18.1. The van der Waals surface area contributed by atoms with Gasteiger partial charge in [0.2, 0.25) is 5.91 Å². The Morgan fingerprint density at radius 1 is 1.28 bits per heavy atom. The van der Waals surface area contributed by atoms with Gasteiger partial charge in [-0.1, -0.05) is 12.1 Å². The van der Waals surface area contributed by atoms with Crippen molar-refractivity contribution in [2.75, 3.05) is 18.7 Å². The molecule has 6 nitrogen and oxygen atoms in total. The second-order valence-electron chi connectivity index (χ2n) is 6.99. The standard InChI is InChI=1S/C21H23N3O3S2/c1-27-21(26)19-13-7-3-6-10-16(13)29-20(19)23-18(25)11-24-15-9-5-4-8-14(15)22-17(24)12-28-2/h4-5,8-9H,3,6-7,10-12H2,1-2H3,(H,23,25). The number of anilines is 1. The first-order valence-corrected chi connectivity index (χ1v) is 11.8. The maximum Gasteiger partial charge on any atom is 0.341 e. The number of methoxy groups -OCH3 is 1. The highest BCUT2D eigenvalue weighted by atomic mass is 32.2. The van der Waals surface area contributed by atoms with E-state index in [0.29, 0.717) is 10.6 Å². The zero-order chi connectivity index (χ0) is 20.4. The second kappa shape index (κ2) is 8.59. The van der Waals surface area contributed by atoms with E-state index in [1.165, 1.54) is 23.3 Å². The van der Waals surface area contributed by atoms with Crippen LogP contribution in [0.4, 0.5) is 5.00 Å². The van der Waals surface area contributed by atoms with Gasteiger partial charge in [-0.3, -0.25) is 4.79 Å². The minimum absolute atomic E-state index is 0.152. The van der Waals surface area contributed by atoms with Gasteiger partial charge < -0.3 is 14.6 Å². The monoisotopic (exact) mass is 429 g/mol. The molecule has 0 aliphatic heterocycles. The number of benzene rings is 1. The number of hydrogen-bond donors (Lipinski definition) is 1. The summed E-state index contributed by atoms with van der Waals surface area (Å²) in [5, 5.41) is 3.58. The Kier molecular flexibility index (Phi) is 5.91. The van der Waals surface area contributed by atoms with Gasteiger partial charge in [-0.15, -0.1) is 11.3 Å². The number of aromatic nitrogens is 2. The highest BCUT2D eigenvalue weighted by Crippen LogP contribution is 2.38. The van der Waals surface area contributed by atoms with Gasteiger partial charge >= 0.3 is 5.97 Å². The van der Waals surface area contributed by atoms with E-state index in [4.69, 9.17) is 4.74 Å². The molecule has 0 fully saturated rings. The molecule has 0 bridgehead atoms. The van der Waals surface area contributed by atoms with Gasteiger partial charge in [0.25, 0.3) is 0 Å². The first-order valence-electron chi connectivity index (χ1n) is 9.58. The summed E-state index contributed by atoms with van der Waals surface area (Å²) in [6.45, 7) is 0.152. The molecule has 0 saturated carbocycles. The van der Waals surface area contributed by atoms with E-state index in [2.05, 4.69) is 10.3 Å². The normalized spacial score (nSPS) is 13.3. The molecule has 1 aromatic carbocycles. The van der Waals surface area contributed by atoms with Crippen LogP contribution in [-0.4, -0.2) is 34.8 Å². The average molecular weight is 430 g/mol. The van der Waals surface area contributed by atoms with Gasteiger partial charge in [0.05, 0.1) is 29.5 Å². The van der Waals surface area contributed by atoms with Gasteiger partial charge in [0.15, 0.2) is 0 Å². The maximum atomic E-state index is 12.9. The van der Waals surface area contributed by atoms with Crippen LogP contribution in [0.5, 0.6) is 0 Å². The number of nitrogens with one attached hydrogen (secondary N) is 1. The molecule has 0 radical (unpaired) electrons. The third-order valence-corrected chi connectivity index (χ3v) is 6.88. The number of aryl methyl sites for hydroxylation is 1. The van der Waals surface area contributed by atoms with Gasteiger partial charge in [-0.25, -0.2) is 9.78 Å². The molecule has 1 N–H and O–H groups in total. The van der Waals surface area contributed by atoms with E-state index < -0.39 is 0 Å². The number of hydrogen-bond acceptors (Lipinski definition) is 6. The predicted octanol–water partition coefficient (Wildman–Crippen LogP) is 4.26. The summed E-state index contributed by atoms with van der Waals surface area (Å²) in [6.07, 6.45) is 5.99. The lowest BCUT2D eigenvalue weighted by Gasteiger charge is -2.12.